The van der Waals surface area contributed by atoms with E-state index in [9.17, 15) is 13.2 Å². The zero-order valence-corrected chi connectivity index (χ0v) is 10.0. The summed E-state index contributed by atoms with van der Waals surface area (Å²) in [4.78, 5) is 1.99. The van der Waals surface area contributed by atoms with Crippen molar-refractivity contribution >= 4 is 0 Å². The van der Waals surface area contributed by atoms with Crippen LogP contribution in [0, 0.1) is 17.8 Å². The molecule has 0 radical (unpaired) electrons. The SMILES string of the molecule is NCC(CN1CC2CCCC(C2)C1)C(F)(F)F. The van der Waals surface area contributed by atoms with E-state index in [4.69, 9.17) is 5.73 Å². The van der Waals surface area contributed by atoms with Crippen LogP contribution in [-0.2, 0) is 0 Å². The summed E-state index contributed by atoms with van der Waals surface area (Å²) >= 11 is 0. The minimum Gasteiger partial charge on any atom is -0.330 e. The summed E-state index contributed by atoms with van der Waals surface area (Å²) in [5, 5.41) is 0. The molecule has 0 amide bonds. The zero-order chi connectivity index (χ0) is 12.5. The van der Waals surface area contributed by atoms with E-state index in [1.165, 1.54) is 25.7 Å². The molecule has 2 aliphatic rings. The first kappa shape index (κ1) is 13.1. The van der Waals surface area contributed by atoms with E-state index in [0.717, 1.165) is 13.1 Å². The highest BCUT2D eigenvalue weighted by molar-refractivity contribution is 4.85. The average Bonchev–Trinajstić information content (AvgIpc) is 2.24. The van der Waals surface area contributed by atoms with Crippen LogP contribution in [0.2, 0.25) is 0 Å². The smallest absolute Gasteiger partial charge is 0.330 e. The highest BCUT2D eigenvalue weighted by atomic mass is 19.4. The second kappa shape index (κ2) is 5.14. The highest BCUT2D eigenvalue weighted by Gasteiger charge is 2.41. The fourth-order valence-corrected chi connectivity index (χ4v) is 3.31. The van der Waals surface area contributed by atoms with Crippen molar-refractivity contribution < 1.29 is 13.2 Å². The Morgan fingerprint density at radius 2 is 1.76 bits per heavy atom. The summed E-state index contributed by atoms with van der Waals surface area (Å²) in [6.45, 7) is 1.47. The molecular weight excluding hydrogens is 229 g/mol. The highest BCUT2D eigenvalue weighted by Crippen LogP contribution is 2.35. The third-order valence-electron chi connectivity index (χ3n) is 4.15. The van der Waals surface area contributed by atoms with Crippen molar-refractivity contribution in [2.75, 3.05) is 26.2 Å². The fourth-order valence-electron chi connectivity index (χ4n) is 3.31. The van der Waals surface area contributed by atoms with Crippen LogP contribution in [0.15, 0.2) is 0 Å². The fraction of sp³-hybridized carbons (Fsp3) is 1.00. The van der Waals surface area contributed by atoms with Gasteiger partial charge in [0.1, 0.15) is 0 Å². The van der Waals surface area contributed by atoms with Crippen LogP contribution in [-0.4, -0.2) is 37.3 Å². The lowest BCUT2D eigenvalue weighted by Crippen LogP contribution is -2.48. The number of fused-ring (bicyclic) bond motifs is 2. The number of halogens is 3. The Labute approximate surface area is 100 Å². The predicted octanol–water partition coefficient (Wildman–Crippen LogP) is 2.25. The molecule has 17 heavy (non-hydrogen) atoms. The van der Waals surface area contributed by atoms with Crippen molar-refractivity contribution in [3.8, 4) is 0 Å². The van der Waals surface area contributed by atoms with Crippen LogP contribution < -0.4 is 5.73 Å². The third-order valence-corrected chi connectivity index (χ3v) is 4.15. The second-order valence-electron chi connectivity index (χ2n) is 5.59. The number of alkyl halides is 3. The molecule has 3 atom stereocenters. The Balaban J connectivity index is 1.90. The van der Waals surface area contributed by atoms with Crippen molar-refractivity contribution in [1.82, 2.24) is 4.90 Å². The van der Waals surface area contributed by atoms with Crippen molar-refractivity contribution in [2.45, 2.75) is 31.9 Å². The van der Waals surface area contributed by atoms with E-state index in [2.05, 4.69) is 0 Å². The molecule has 2 rings (SSSR count). The lowest BCUT2D eigenvalue weighted by molar-refractivity contribution is -0.178. The summed E-state index contributed by atoms with van der Waals surface area (Å²) in [7, 11) is 0. The van der Waals surface area contributed by atoms with Crippen LogP contribution in [0.25, 0.3) is 0 Å². The normalized spacial score (nSPS) is 32.5. The van der Waals surface area contributed by atoms with Gasteiger partial charge in [0, 0.05) is 26.2 Å². The van der Waals surface area contributed by atoms with E-state index in [0.29, 0.717) is 11.8 Å². The summed E-state index contributed by atoms with van der Waals surface area (Å²) in [5.74, 6) is -0.121. The first-order chi connectivity index (χ1) is 7.99. The molecule has 1 aliphatic heterocycles. The molecule has 2 N–H and O–H groups in total. The monoisotopic (exact) mass is 250 g/mol. The van der Waals surface area contributed by atoms with E-state index in [1.54, 1.807) is 0 Å². The molecule has 1 saturated carbocycles. The Hall–Kier alpha value is -0.290. The number of nitrogens with zero attached hydrogens (tertiary/aromatic N) is 1. The maximum Gasteiger partial charge on any atom is 0.394 e. The summed E-state index contributed by atoms with van der Waals surface area (Å²) in [6, 6.07) is 0. The number of nitrogens with two attached hydrogens (primary N) is 1. The molecular formula is C12H21F3N2. The van der Waals surface area contributed by atoms with Crippen LogP contribution in [0.4, 0.5) is 13.2 Å². The minimum atomic E-state index is -4.15. The van der Waals surface area contributed by atoms with Gasteiger partial charge in [-0.1, -0.05) is 6.42 Å². The molecule has 1 saturated heterocycles. The van der Waals surface area contributed by atoms with Gasteiger partial charge < -0.3 is 10.6 Å². The lowest BCUT2D eigenvalue weighted by atomic mass is 9.78. The van der Waals surface area contributed by atoms with Gasteiger partial charge >= 0.3 is 6.18 Å². The second-order valence-corrected chi connectivity index (χ2v) is 5.59. The van der Waals surface area contributed by atoms with Crippen molar-refractivity contribution in [3.05, 3.63) is 0 Å². The molecule has 100 valence electrons. The van der Waals surface area contributed by atoms with Gasteiger partial charge in [0.25, 0.3) is 0 Å². The van der Waals surface area contributed by atoms with Crippen LogP contribution in [0.1, 0.15) is 25.7 Å². The Morgan fingerprint density at radius 1 is 1.18 bits per heavy atom. The molecule has 1 aliphatic carbocycles. The Morgan fingerprint density at radius 3 is 2.24 bits per heavy atom. The summed E-state index contributed by atoms with van der Waals surface area (Å²) in [5.41, 5.74) is 5.25. The van der Waals surface area contributed by atoms with Gasteiger partial charge in [-0.25, -0.2) is 0 Å². The van der Waals surface area contributed by atoms with Crippen LogP contribution in [0.5, 0.6) is 0 Å². The minimum absolute atomic E-state index is 0.0903. The molecule has 0 aromatic carbocycles. The molecule has 3 unspecified atom stereocenters. The van der Waals surface area contributed by atoms with Gasteiger partial charge in [-0.05, 0) is 31.1 Å². The van der Waals surface area contributed by atoms with Gasteiger partial charge in [-0.3, -0.25) is 0 Å². The number of piperidine rings is 1. The van der Waals surface area contributed by atoms with E-state index in [-0.39, 0.29) is 13.1 Å². The first-order valence-electron chi connectivity index (χ1n) is 6.48. The number of likely N-dealkylation sites (tertiary alicyclic amines) is 1. The topological polar surface area (TPSA) is 29.3 Å². The van der Waals surface area contributed by atoms with Crippen LogP contribution >= 0.6 is 0 Å². The number of rotatable bonds is 3. The van der Waals surface area contributed by atoms with Gasteiger partial charge in [0.2, 0.25) is 0 Å². The predicted molar refractivity (Wildman–Crippen MR) is 60.5 cm³/mol. The quantitative estimate of drug-likeness (QED) is 0.832. The number of hydrogen-bond donors (Lipinski definition) is 1. The van der Waals surface area contributed by atoms with Crippen molar-refractivity contribution in [3.63, 3.8) is 0 Å². The summed E-state index contributed by atoms with van der Waals surface area (Å²) in [6.07, 6.45) is 0.693. The molecule has 5 heteroatoms. The maximum atomic E-state index is 12.7. The van der Waals surface area contributed by atoms with E-state index < -0.39 is 12.1 Å². The van der Waals surface area contributed by atoms with Gasteiger partial charge in [0.15, 0.2) is 0 Å². The van der Waals surface area contributed by atoms with E-state index >= 15 is 0 Å². The Kier molecular flexibility index (Phi) is 3.98. The third kappa shape index (κ3) is 3.35. The standard InChI is InChI=1S/C12H21F3N2/c13-12(14,15)11(5-16)8-17-6-9-2-1-3-10(4-9)7-17/h9-11H,1-8,16H2. The molecule has 0 aromatic rings. The molecule has 2 nitrogen and oxygen atoms in total. The first-order valence-corrected chi connectivity index (χ1v) is 6.48. The lowest BCUT2D eigenvalue weighted by Gasteiger charge is -2.42. The maximum absolute atomic E-state index is 12.7. The summed E-state index contributed by atoms with van der Waals surface area (Å²) < 4.78 is 38.0. The van der Waals surface area contributed by atoms with Crippen molar-refractivity contribution in [2.24, 2.45) is 23.5 Å². The Bertz CT molecular complexity index is 243. The van der Waals surface area contributed by atoms with Gasteiger partial charge in [-0.2, -0.15) is 13.2 Å². The van der Waals surface area contributed by atoms with Crippen molar-refractivity contribution in [1.29, 1.82) is 0 Å². The molecule has 1 heterocycles. The zero-order valence-electron chi connectivity index (χ0n) is 10.0. The van der Waals surface area contributed by atoms with Gasteiger partial charge in [-0.15, -0.1) is 0 Å². The molecule has 0 spiro atoms. The van der Waals surface area contributed by atoms with Gasteiger partial charge in [0.05, 0.1) is 5.92 Å². The van der Waals surface area contributed by atoms with Crippen LogP contribution in [0.3, 0.4) is 0 Å². The average molecular weight is 250 g/mol. The number of hydrogen-bond acceptors (Lipinski definition) is 2. The molecule has 2 fully saturated rings. The molecule has 2 bridgehead atoms. The van der Waals surface area contributed by atoms with E-state index in [1.807, 2.05) is 4.90 Å². The molecule has 0 aromatic heterocycles. The largest absolute Gasteiger partial charge is 0.394 e.